The van der Waals surface area contributed by atoms with E-state index in [2.05, 4.69) is 33.1 Å². The van der Waals surface area contributed by atoms with Gasteiger partial charge in [0.2, 0.25) is 0 Å². The van der Waals surface area contributed by atoms with Crippen molar-refractivity contribution in [2.24, 2.45) is 23.7 Å². The predicted octanol–water partition coefficient (Wildman–Crippen LogP) is 3.65. The number of rotatable bonds is 7. The molecule has 1 saturated carbocycles. The van der Waals surface area contributed by atoms with Gasteiger partial charge in [0, 0.05) is 70.8 Å². The number of ether oxygens (including phenoxy) is 2. The molecule has 0 amide bonds. The lowest BCUT2D eigenvalue weighted by molar-refractivity contribution is -0.225. The summed E-state index contributed by atoms with van der Waals surface area (Å²) in [7, 11) is 1.69. The number of carbonyl (C=O) groups is 2. The molecule has 5 aliphatic rings. The third kappa shape index (κ3) is 6.42. The molecule has 1 aromatic heterocycles. The Bertz CT molecular complexity index is 1660. The zero-order valence-electron chi connectivity index (χ0n) is 30.0. The lowest BCUT2D eigenvalue weighted by Gasteiger charge is -2.56. The number of carbonyl (C=O) groups excluding carboxylic acids is 2. The number of nitrogens with one attached hydrogen (secondary N) is 1. The van der Waals surface area contributed by atoms with Crippen LogP contribution in [0.5, 0.6) is 0 Å². The fourth-order valence-electron chi connectivity index (χ4n) is 9.40. The second-order valence-corrected chi connectivity index (χ2v) is 15.7. The molecule has 1 unspecified atom stereocenters. The van der Waals surface area contributed by atoms with Crippen LogP contribution in [0.2, 0.25) is 5.02 Å². The van der Waals surface area contributed by atoms with Crippen molar-refractivity contribution in [3.05, 3.63) is 64.8 Å². The van der Waals surface area contributed by atoms with E-state index >= 15 is 0 Å². The first-order valence-electron chi connectivity index (χ1n) is 18.2. The maximum absolute atomic E-state index is 14.2. The standard InChI is InChI=1S/C38H50ClN5O7/c1-22-19-28-26(23(2)21-43-15-17-44(18-16-43)31-11-6-7-14-40-31)13-12-24(3)38(28,48)34(33(22)49-25(4)45)50-35(46)30-20-37(47)27-9-8-10-29(39)32(27)42(5)51-36(37)41-30/h6-11,14,19,23-24,26,28,30,33-34,36,41,47-48H,12-13,15-18,20-21H2,1-5H3/t23?,24-,26+,28-,30+,33-,34+,36-,37-,38-/m1/s1. The first kappa shape index (κ1) is 36.1. The topological polar surface area (TPSA) is 137 Å². The van der Waals surface area contributed by atoms with Crippen molar-refractivity contribution < 1.29 is 34.1 Å². The smallest absolute Gasteiger partial charge is 0.323 e. The van der Waals surface area contributed by atoms with Crippen LogP contribution in [-0.2, 0) is 29.5 Å². The number of para-hydroxylation sites is 1. The van der Waals surface area contributed by atoms with Crippen LogP contribution in [0.4, 0.5) is 11.5 Å². The minimum absolute atomic E-state index is 0.0396. The molecule has 10 atom stereocenters. The summed E-state index contributed by atoms with van der Waals surface area (Å²) in [5, 5.41) is 29.8. The van der Waals surface area contributed by atoms with Gasteiger partial charge in [-0.3, -0.25) is 29.7 Å². The lowest BCUT2D eigenvalue weighted by atomic mass is 9.55. The van der Waals surface area contributed by atoms with Crippen molar-refractivity contribution in [1.29, 1.82) is 0 Å². The van der Waals surface area contributed by atoms with Crippen molar-refractivity contribution in [2.75, 3.05) is 49.7 Å². The Labute approximate surface area is 304 Å². The van der Waals surface area contributed by atoms with Gasteiger partial charge in [-0.1, -0.05) is 49.7 Å². The monoisotopic (exact) mass is 723 g/mol. The molecule has 51 heavy (non-hydrogen) atoms. The number of aromatic nitrogens is 1. The van der Waals surface area contributed by atoms with E-state index in [0.717, 1.165) is 57.0 Å². The number of piperazine rings is 1. The van der Waals surface area contributed by atoms with Crippen LogP contribution in [0.25, 0.3) is 0 Å². The van der Waals surface area contributed by atoms with Gasteiger partial charge in [0.15, 0.2) is 18.4 Å². The number of hydrogen-bond acceptors (Lipinski definition) is 12. The Morgan fingerprint density at radius 1 is 1.12 bits per heavy atom. The fourth-order valence-corrected chi connectivity index (χ4v) is 9.70. The molecule has 4 heterocycles. The highest BCUT2D eigenvalue weighted by molar-refractivity contribution is 6.33. The third-order valence-electron chi connectivity index (χ3n) is 12.1. The van der Waals surface area contributed by atoms with E-state index in [-0.39, 0.29) is 30.1 Å². The van der Waals surface area contributed by atoms with Crippen LogP contribution in [0.15, 0.2) is 54.2 Å². The summed E-state index contributed by atoms with van der Waals surface area (Å²) in [5.41, 5.74) is -1.24. The van der Waals surface area contributed by atoms with Crippen LogP contribution in [-0.4, -0.2) is 102 Å². The molecular formula is C38H50ClN5O7. The van der Waals surface area contributed by atoms with E-state index in [9.17, 15) is 19.8 Å². The first-order chi connectivity index (χ1) is 24.3. The summed E-state index contributed by atoms with van der Waals surface area (Å²) in [4.78, 5) is 41.9. The van der Waals surface area contributed by atoms with Crippen molar-refractivity contribution in [3.63, 3.8) is 0 Å². The number of anilines is 2. The van der Waals surface area contributed by atoms with Crippen LogP contribution < -0.4 is 15.3 Å². The van der Waals surface area contributed by atoms with Crippen LogP contribution in [0.3, 0.4) is 0 Å². The third-order valence-corrected chi connectivity index (χ3v) is 12.4. The van der Waals surface area contributed by atoms with E-state index in [4.69, 9.17) is 25.9 Å². The Balaban J connectivity index is 1.11. The molecule has 3 N–H and O–H groups in total. The van der Waals surface area contributed by atoms with Gasteiger partial charge >= 0.3 is 11.9 Å². The van der Waals surface area contributed by atoms with Crippen LogP contribution in [0.1, 0.15) is 52.5 Å². The summed E-state index contributed by atoms with van der Waals surface area (Å²) in [6, 6.07) is 10.3. The van der Waals surface area contributed by atoms with Gasteiger partial charge in [0.25, 0.3) is 0 Å². The molecule has 1 aromatic carbocycles. The molecular weight excluding hydrogens is 674 g/mol. The average Bonchev–Trinajstić information content (AvgIpc) is 3.45. The second kappa shape index (κ2) is 13.9. The largest absolute Gasteiger partial charge is 0.454 e. The maximum atomic E-state index is 14.2. The average molecular weight is 724 g/mol. The highest BCUT2D eigenvalue weighted by Crippen LogP contribution is 2.53. The molecule has 0 radical (unpaired) electrons. The van der Waals surface area contributed by atoms with Crippen molar-refractivity contribution in [1.82, 2.24) is 15.2 Å². The molecule has 2 aromatic rings. The molecule has 3 aliphatic heterocycles. The summed E-state index contributed by atoms with van der Waals surface area (Å²) in [5.74, 6) is -0.434. The quantitative estimate of drug-likeness (QED) is 0.284. The summed E-state index contributed by atoms with van der Waals surface area (Å²) in [6.45, 7) is 11.9. The van der Waals surface area contributed by atoms with Crippen LogP contribution >= 0.6 is 11.6 Å². The Morgan fingerprint density at radius 3 is 2.59 bits per heavy atom. The molecule has 13 heteroatoms. The molecule has 0 spiro atoms. The number of halogens is 1. The Kier molecular flexibility index (Phi) is 9.87. The maximum Gasteiger partial charge on any atom is 0.323 e. The van der Waals surface area contributed by atoms with Gasteiger partial charge in [0.1, 0.15) is 23.1 Å². The molecule has 7 rings (SSSR count). The molecule has 276 valence electrons. The number of fused-ring (bicyclic) bond motifs is 4. The van der Waals surface area contributed by atoms with E-state index in [1.54, 1.807) is 25.2 Å². The van der Waals surface area contributed by atoms with Crippen molar-refractivity contribution in [3.8, 4) is 0 Å². The highest BCUT2D eigenvalue weighted by atomic mass is 35.5. The number of nitrogens with zero attached hydrogens (tertiary/aromatic N) is 4. The second-order valence-electron chi connectivity index (χ2n) is 15.3. The van der Waals surface area contributed by atoms with Gasteiger partial charge < -0.3 is 24.6 Å². The number of hydrogen-bond donors (Lipinski definition) is 3. The number of esters is 2. The van der Waals surface area contributed by atoms with E-state index in [0.29, 0.717) is 16.3 Å². The number of benzene rings is 1. The predicted molar refractivity (Wildman–Crippen MR) is 192 cm³/mol. The number of hydroxylamine groups is 1. The fraction of sp³-hybridized carbons (Fsp3) is 0.605. The number of aliphatic hydroxyl groups is 2. The summed E-state index contributed by atoms with van der Waals surface area (Å²) >= 11 is 6.47. The molecule has 0 bridgehead atoms. The lowest BCUT2D eigenvalue weighted by Crippen LogP contribution is -2.66. The molecule has 2 saturated heterocycles. The molecule has 3 fully saturated rings. The van der Waals surface area contributed by atoms with Gasteiger partial charge in [-0.15, -0.1) is 0 Å². The van der Waals surface area contributed by atoms with Gasteiger partial charge in [-0.25, -0.2) is 4.98 Å². The van der Waals surface area contributed by atoms with Crippen LogP contribution in [0, 0.1) is 23.7 Å². The molecule has 2 aliphatic carbocycles. The number of pyridine rings is 1. The van der Waals surface area contributed by atoms with Gasteiger partial charge in [-0.2, -0.15) is 0 Å². The van der Waals surface area contributed by atoms with E-state index < -0.39 is 47.6 Å². The van der Waals surface area contributed by atoms with E-state index in [1.165, 1.54) is 12.0 Å². The Morgan fingerprint density at radius 2 is 1.88 bits per heavy atom. The first-order valence-corrected chi connectivity index (χ1v) is 18.5. The molecule has 12 nitrogen and oxygen atoms in total. The van der Waals surface area contributed by atoms with E-state index in [1.807, 2.05) is 38.2 Å². The Hall–Kier alpha value is -3.26. The van der Waals surface area contributed by atoms with Gasteiger partial charge in [-0.05, 0) is 61.3 Å². The highest BCUT2D eigenvalue weighted by Gasteiger charge is 2.62. The minimum atomic E-state index is -1.56. The summed E-state index contributed by atoms with van der Waals surface area (Å²) < 4.78 is 12.1. The zero-order chi connectivity index (χ0) is 36.2. The van der Waals surface area contributed by atoms with Gasteiger partial charge in [0.05, 0.1) is 10.7 Å². The summed E-state index contributed by atoms with van der Waals surface area (Å²) in [6.07, 6.45) is 2.43. The minimum Gasteiger partial charge on any atom is -0.454 e. The van der Waals surface area contributed by atoms with Crippen molar-refractivity contribution in [2.45, 2.75) is 82.6 Å². The zero-order valence-corrected chi connectivity index (χ0v) is 30.8. The van der Waals surface area contributed by atoms with Crippen molar-refractivity contribution >= 4 is 35.0 Å². The SMILES string of the molecule is CC(=O)O[C@@H]1C(C)=C[C@@H]2[C@H](C(C)CN3CCN(c4ccccn4)CC3)CC[C@@H](C)[C@]2(O)[C@H]1OC(=O)[C@@H]1C[C@@]2(O)c3cccc(Cl)c3N(C)O[C@H]2N1. The normalized spacial score (nSPS) is 35.6.